The van der Waals surface area contributed by atoms with Crippen molar-refractivity contribution < 1.29 is 9.47 Å². The van der Waals surface area contributed by atoms with E-state index in [1.807, 2.05) is 12.1 Å². The molecule has 1 fully saturated rings. The van der Waals surface area contributed by atoms with Crippen molar-refractivity contribution in [1.82, 2.24) is 19.8 Å². The largest absolute Gasteiger partial charge is 0.493 e. The second kappa shape index (κ2) is 11.3. The van der Waals surface area contributed by atoms with E-state index in [0.29, 0.717) is 12.6 Å². The Bertz CT molecular complexity index is 1150. The molecule has 0 radical (unpaired) electrons. The number of rotatable bonds is 11. The van der Waals surface area contributed by atoms with Gasteiger partial charge in [0.15, 0.2) is 11.5 Å². The van der Waals surface area contributed by atoms with Crippen LogP contribution < -0.4 is 19.7 Å². The van der Waals surface area contributed by atoms with Gasteiger partial charge in [-0.05, 0) is 50.6 Å². The van der Waals surface area contributed by atoms with Gasteiger partial charge in [-0.15, -0.1) is 0 Å². The maximum Gasteiger partial charge on any atom is 0.225 e. The Morgan fingerprint density at radius 2 is 1.75 bits per heavy atom. The number of aromatic nitrogens is 2. The molecule has 3 aromatic rings. The number of benzene rings is 2. The molecule has 1 aromatic heterocycles. The van der Waals surface area contributed by atoms with E-state index < -0.39 is 0 Å². The molecule has 192 valence electrons. The molecule has 0 bridgehead atoms. The van der Waals surface area contributed by atoms with E-state index in [0.717, 1.165) is 80.5 Å². The van der Waals surface area contributed by atoms with Crippen molar-refractivity contribution in [3.05, 3.63) is 47.5 Å². The molecule has 0 saturated carbocycles. The molecule has 1 N–H and O–H groups in total. The Morgan fingerprint density at radius 1 is 1.00 bits per heavy atom. The summed E-state index contributed by atoms with van der Waals surface area (Å²) in [6.45, 7) is 7.43. The number of hydrogen-bond donors (Lipinski definition) is 1. The molecule has 0 amide bonds. The average Bonchev–Trinajstić information content (AvgIpc) is 3.55. The average molecular weight is 491 g/mol. The second-order valence-electron chi connectivity index (χ2n) is 10.00. The first-order valence-electron chi connectivity index (χ1n) is 13.1. The highest BCUT2D eigenvalue weighted by atomic mass is 16.5. The van der Waals surface area contributed by atoms with E-state index in [-0.39, 0.29) is 0 Å². The molecule has 36 heavy (non-hydrogen) atoms. The van der Waals surface area contributed by atoms with Gasteiger partial charge in [-0.25, -0.2) is 4.98 Å². The summed E-state index contributed by atoms with van der Waals surface area (Å²) >= 11 is 0. The van der Waals surface area contributed by atoms with E-state index in [1.165, 1.54) is 24.0 Å². The lowest BCUT2D eigenvalue weighted by Gasteiger charge is -2.21. The van der Waals surface area contributed by atoms with Gasteiger partial charge >= 0.3 is 0 Å². The predicted octanol–water partition coefficient (Wildman–Crippen LogP) is 4.00. The first-order chi connectivity index (χ1) is 17.6. The van der Waals surface area contributed by atoms with Gasteiger partial charge in [0.2, 0.25) is 5.95 Å². The normalized spacial score (nSPS) is 15.6. The Hall–Kier alpha value is -3.10. The SMILES string of the molecule is COc1cc2c(N3CCCC3)nc(NCCN(C)C)nc2cc1OCCCN1Cc2ccccc2C1. The minimum Gasteiger partial charge on any atom is -0.493 e. The van der Waals surface area contributed by atoms with Gasteiger partial charge in [-0.1, -0.05) is 24.3 Å². The molecule has 2 aromatic carbocycles. The highest BCUT2D eigenvalue weighted by Gasteiger charge is 2.21. The molecule has 2 aliphatic heterocycles. The van der Waals surface area contributed by atoms with Gasteiger partial charge in [-0.2, -0.15) is 4.98 Å². The number of likely N-dealkylation sites (N-methyl/N-ethyl adjacent to an activating group) is 1. The summed E-state index contributed by atoms with van der Waals surface area (Å²) in [6.07, 6.45) is 3.33. The fraction of sp³-hybridized carbons (Fsp3) is 0.500. The summed E-state index contributed by atoms with van der Waals surface area (Å²) in [6, 6.07) is 12.8. The van der Waals surface area contributed by atoms with E-state index in [4.69, 9.17) is 19.4 Å². The summed E-state index contributed by atoms with van der Waals surface area (Å²) in [7, 11) is 5.83. The van der Waals surface area contributed by atoms with Crippen molar-refractivity contribution in [2.45, 2.75) is 32.4 Å². The van der Waals surface area contributed by atoms with Gasteiger partial charge in [-0.3, -0.25) is 4.90 Å². The first kappa shape index (κ1) is 24.6. The lowest BCUT2D eigenvalue weighted by molar-refractivity contribution is 0.233. The maximum atomic E-state index is 6.24. The predicted molar refractivity (Wildman–Crippen MR) is 145 cm³/mol. The zero-order valence-corrected chi connectivity index (χ0v) is 21.8. The summed E-state index contributed by atoms with van der Waals surface area (Å²) < 4.78 is 12.0. The van der Waals surface area contributed by atoms with Crippen LogP contribution in [-0.2, 0) is 13.1 Å². The van der Waals surface area contributed by atoms with E-state index >= 15 is 0 Å². The topological polar surface area (TPSA) is 66.0 Å². The quantitative estimate of drug-likeness (QED) is 0.405. The van der Waals surface area contributed by atoms with Crippen LogP contribution in [0, 0.1) is 0 Å². The first-order valence-corrected chi connectivity index (χ1v) is 13.1. The van der Waals surface area contributed by atoms with Gasteiger partial charge in [0, 0.05) is 57.3 Å². The molecule has 0 aliphatic carbocycles. The lowest BCUT2D eigenvalue weighted by atomic mass is 10.1. The van der Waals surface area contributed by atoms with Crippen LogP contribution in [0.4, 0.5) is 11.8 Å². The van der Waals surface area contributed by atoms with Crippen LogP contribution in [0.1, 0.15) is 30.4 Å². The summed E-state index contributed by atoms with van der Waals surface area (Å²) in [4.78, 5) is 16.7. The van der Waals surface area contributed by atoms with E-state index in [1.54, 1.807) is 7.11 Å². The monoisotopic (exact) mass is 490 g/mol. The third-order valence-corrected chi connectivity index (χ3v) is 6.99. The lowest BCUT2D eigenvalue weighted by Crippen LogP contribution is -2.23. The third kappa shape index (κ3) is 5.65. The number of anilines is 2. The van der Waals surface area contributed by atoms with Crippen LogP contribution in [0.5, 0.6) is 11.5 Å². The zero-order chi connectivity index (χ0) is 24.9. The molecular formula is C28H38N6O2. The highest BCUT2D eigenvalue weighted by molar-refractivity contribution is 5.93. The number of ether oxygens (including phenoxy) is 2. The Labute approximate surface area is 214 Å². The van der Waals surface area contributed by atoms with Crippen molar-refractivity contribution in [3.8, 4) is 11.5 Å². The van der Waals surface area contributed by atoms with Crippen LogP contribution in [0.3, 0.4) is 0 Å². The molecule has 0 spiro atoms. The van der Waals surface area contributed by atoms with E-state index in [9.17, 15) is 0 Å². The molecule has 5 rings (SSSR count). The molecule has 3 heterocycles. The smallest absolute Gasteiger partial charge is 0.225 e. The van der Waals surface area contributed by atoms with Crippen LogP contribution in [0.2, 0.25) is 0 Å². The molecule has 8 heteroatoms. The van der Waals surface area contributed by atoms with Crippen molar-refractivity contribution in [3.63, 3.8) is 0 Å². The zero-order valence-electron chi connectivity index (χ0n) is 21.8. The molecule has 2 aliphatic rings. The number of nitrogens with zero attached hydrogens (tertiary/aromatic N) is 5. The van der Waals surface area contributed by atoms with Crippen molar-refractivity contribution in [2.75, 3.05) is 70.8 Å². The minimum atomic E-state index is 0.632. The number of hydrogen-bond acceptors (Lipinski definition) is 8. The number of methoxy groups -OCH3 is 1. The van der Waals surface area contributed by atoms with E-state index in [2.05, 4.69) is 58.4 Å². The Morgan fingerprint density at radius 3 is 2.44 bits per heavy atom. The standard InChI is InChI=1S/C28H38N6O2/c1-32(2)15-11-29-28-30-24-18-26(25(35-3)17-23(24)27(31-28)34-13-6-7-14-34)36-16-8-12-33-19-21-9-4-5-10-22(21)20-33/h4-5,9-10,17-18H,6-8,11-16,19-20H2,1-3H3,(H,29,30,31). The van der Waals surface area contributed by atoms with Gasteiger partial charge in [0.25, 0.3) is 0 Å². The minimum absolute atomic E-state index is 0.632. The molecular weight excluding hydrogens is 452 g/mol. The molecule has 1 saturated heterocycles. The van der Waals surface area contributed by atoms with Crippen LogP contribution in [0.15, 0.2) is 36.4 Å². The van der Waals surface area contributed by atoms with Crippen LogP contribution in [0.25, 0.3) is 10.9 Å². The highest BCUT2D eigenvalue weighted by Crippen LogP contribution is 2.37. The van der Waals surface area contributed by atoms with Gasteiger partial charge < -0.3 is 24.6 Å². The van der Waals surface area contributed by atoms with Crippen molar-refractivity contribution >= 4 is 22.7 Å². The summed E-state index contributed by atoms with van der Waals surface area (Å²) in [5.41, 5.74) is 3.77. The molecule has 8 nitrogen and oxygen atoms in total. The van der Waals surface area contributed by atoms with Gasteiger partial charge in [0.1, 0.15) is 5.82 Å². The molecule has 0 unspecified atom stereocenters. The van der Waals surface area contributed by atoms with Crippen LogP contribution in [-0.4, -0.2) is 80.3 Å². The van der Waals surface area contributed by atoms with Crippen LogP contribution >= 0.6 is 0 Å². The number of fused-ring (bicyclic) bond motifs is 2. The third-order valence-electron chi connectivity index (χ3n) is 6.99. The molecule has 0 atom stereocenters. The Balaban J connectivity index is 1.30. The van der Waals surface area contributed by atoms with Gasteiger partial charge in [0.05, 0.1) is 19.2 Å². The van der Waals surface area contributed by atoms with Crippen molar-refractivity contribution in [1.29, 1.82) is 0 Å². The summed E-state index contributed by atoms with van der Waals surface area (Å²) in [5.74, 6) is 3.10. The summed E-state index contributed by atoms with van der Waals surface area (Å²) in [5, 5.41) is 4.41. The fourth-order valence-corrected chi connectivity index (χ4v) is 5.07. The maximum absolute atomic E-state index is 6.24. The second-order valence-corrected chi connectivity index (χ2v) is 10.00. The Kier molecular flexibility index (Phi) is 7.72. The van der Waals surface area contributed by atoms with Crippen molar-refractivity contribution in [2.24, 2.45) is 0 Å². The fourth-order valence-electron chi connectivity index (χ4n) is 5.07. The number of nitrogens with one attached hydrogen (secondary N) is 1.